The van der Waals surface area contributed by atoms with Crippen LogP contribution in [-0.2, 0) is 6.42 Å². The molecule has 0 bridgehead atoms. The summed E-state index contributed by atoms with van der Waals surface area (Å²) >= 11 is 0. The summed E-state index contributed by atoms with van der Waals surface area (Å²) in [5.74, 6) is -0.953. The number of nitrogens with one attached hydrogen (secondary N) is 2. The fraction of sp³-hybridized carbons (Fsp3) is 0.350. The lowest BCUT2D eigenvalue weighted by Gasteiger charge is -2.26. The third kappa shape index (κ3) is 3.47. The van der Waals surface area contributed by atoms with Gasteiger partial charge in [0.05, 0.1) is 18.7 Å². The maximum atomic E-state index is 13.7. The van der Waals surface area contributed by atoms with E-state index in [1.807, 2.05) is 30.1 Å². The number of likely N-dealkylation sites (tertiary alicyclic amines) is 1. The molecule has 0 spiro atoms. The molecule has 27 heavy (non-hydrogen) atoms. The Hall–Kier alpha value is -2.67. The Kier molecular flexibility index (Phi) is 4.70. The van der Waals surface area contributed by atoms with Crippen LogP contribution in [0, 0.1) is 11.6 Å². The van der Waals surface area contributed by atoms with Gasteiger partial charge in [0, 0.05) is 24.2 Å². The Bertz CT molecular complexity index is 874. The number of halogens is 2. The summed E-state index contributed by atoms with van der Waals surface area (Å²) in [5, 5.41) is 5.88. The van der Waals surface area contributed by atoms with E-state index in [1.54, 1.807) is 6.07 Å². The molecule has 2 unspecified atom stereocenters. The average molecular weight is 373 g/mol. The van der Waals surface area contributed by atoms with Gasteiger partial charge in [-0.3, -0.25) is 4.90 Å². The van der Waals surface area contributed by atoms with Crippen molar-refractivity contribution in [2.75, 3.05) is 25.5 Å². The van der Waals surface area contributed by atoms with Crippen molar-refractivity contribution in [3.63, 3.8) is 0 Å². The van der Waals surface area contributed by atoms with Crippen LogP contribution in [-0.4, -0.2) is 37.2 Å². The molecule has 2 atom stereocenters. The number of hydrogen-bond donors (Lipinski definition) is 2. The van der Waals surface area contributed by atoms with E-state index in [0.29, 0.717) is 12.2 Å². The maximum Gasteiger partial charge on any atom is 0.319 e. The quantitative estimate of drug-likeness (QED) is 0.866. The number of likely N-dealkylation sites (N-methyl/N-ethyl adjacent to an activating group) is 1. The number of hydrogen-bond acceptors (Lipinski definition) is 3. The van der Waals surface area contributed by atoms with Crippen molar-refractivity contribution in [2.24, 2.45) is 0 Å². The molecule has 5 nitrogen and oxygen atoms in total. The Labute approximate surface area is 156 Å². The van der Waals surface area contributed by atoms with Crippen molar-refractivity contribution in [1.82, 2.24) is 10.2 Å². The molecule has 2 amide bonds. The van der Waals surface area contributed by atoms with Crippen LogP contribution in [0.1, 0.15) is 23.6 Å². The number of carbonyl (C=O) groups excluding carboxylic acids is 1. The highest BCUT2D eigenvalue weighted by molar-refractivity contribution is 5.91. The van der Waals surface area contributed by atoms with Gasteiger partial charge in [-0.15, -0.1) is 0 Å². The number of rotatable bonds is 3. The largest absolute Gasteiger partial charge is 0.493 e. The Morgan fingerprint density at radius 3 is 2.89 bits per heavy atom. The topological polar surface area (TPSA) is 53.6 Å². The summed E-state index contributed by atoms with van der Waals surface area (Å²) in [6, 6.07) is 8.74. The molecule has 7 heteroatoms. The standard InChI is InChI=1S/C20H21F2N3O2/c1-25-9-7-17(19(25)12-5-6-14(21)15(22)11-12)24-20(26)23-16-3-2-4-18-13(16)8-10-27-18/h2-6,11,17,19H,7-10H2,1H3,(H2,23,24,26). The second-order valence-corrected chi connectivity index (χ2v) is 6.97. The van der Waals surface area contributed by atoms with Crippen LogP contribution in [0.15, 0.2) is 36.4 Å². The Morgan fingerprint density at radius 2 is 2.07 bits per heavy atom. The minimum atomic E-state index is -0.879. The van der Waals surface area contributed by atoms with Crippen molar-refractivity contribution < 1.29 is 18.3 Å². The van der Waals surface area contributed by atoms with Crippen molar-refractivity contribution in [1.29, 1.82) is 0 Å². The number of amides is 2. The summed E-state index contributed by atoms with van der Waals surface area (Å²) in [6.45, 7) is 1.37. The molecule has 2 aliphatic rings. The van der Waals surface area contributed by atoms with Crippen LogP contribution in [0.4, 0.5) is 19.3 Å². The molecule has 0 radical (unpaired) electrons. The number of benzene rings is 2. The van der Waals surface area contributed by atoms with E-state index in [4.69, 9.17) is 4.74 Å². The van der Waals surface area contributed by atoms with Crippen LogP contribution in [0.3, 0.4) is 0 Å². The number of anilines is 1. The third-order valence-corrected chi connectivity index (χ3v) is 5.24. The lowest BCUT2D eigenvalue weighted by Crippen LogP contribution is -2.41. The van der Waals surface area contributed by atoms with Gasteiger partial charge in [0.1, 0.15) is 5.75 Å². The molecule has 0 aliphatic carbocycles. The first-order chi connectivity index (χ1) is 13.0. The van der Waals surface area contributed by atoms with E-state index < -0.39 is 11.6 Å². The first-order valence-electron chi connectivity index (χ1n) is 9.00. The molecule has 2 N–H and O–H groups in total. The van der Waals surface area contributed by atoms with Gasteiger partial charge in [0.15, 0.2) is 11.6 Å². The van der Waals surface area contributed by atoms with Gasteiger partial charge in [-0.2, -0.15) is 0 Å². The number of fused-ring (bicyclic) bond motifs is 1. The SMILES string of the molecule is CN1CCC(NC(=O)Nc2cccc3c2CCO3)C1c1ccc(F)c(F)c1. The molecule has 1 saturated heterocycles. The van der Waals surface area contributed by atoms with Gasteiger partial charge in [-0.05, 0) is 43.3 Å². The minimum Gasteiger partial charge on any atom is -0.493 e. The van der Waals surface area contributed by atoms with Gasteiger partial charge in [-0.25, -0.2) is 13.6 Å². The smallest absolute Gasteiger partial charge is 0.319 e. The predicted octanol–water partition coefficient (Wildman–Crippen LogP) is 3.47. The zero-order chi connectivity index (χ0) is 19.0. The van der Waals surface area contributed by atoms with E-state index in [-0.39, 0.29) is 18.1 Å². The van der Waals surface area contributed by atoms with Crippen LogP contribution in [0.2, 0.25) is 0 Å². The first kappa shape index (κ1) is 17.7. The minimum absolute atomic E-state index is 0.201. The van der Waals surface area contributed by atoms with Gasteiger partial charge < -0.3 is 15.4 Å². The average Bonchev–Trinajstić information content (AvgIpc) is 3.25. The molecule has 142 valence electrons. The first-order valence-corrected chi connectivity index (χ1v) is 9.00. The molecular weight excluding hydrogens is 352 g/mol. The van der Waals surface area contributed by atoms with Crippen LogP contribution in [0.25, 0.3) is 0 Å². The molecule has 1 fully saturated rings. The van der Waals surface area contributed by atoms with Crippen LogP contribution >= 0.6 is 0 Å². The molecule has 2 aromatic carbocycles. The second kappa shape index (κ2) is 7.15. The fourth-order valence-electron chi connectivity index (χ4n) is 3.95. The van der Waals surface area contributed by atoms with E-state index in [1.165, 1.54) is 6.07 Å². The lowest BCUT2D eigenvalue weighted by molar-refractivity contribution is 0.240. The van der Waals surface area contributed by atoms with Crippen LogP contribution < -0.4 is 15.4 Å². The molecule has 0 aromatic heterocycles. The van der Waals surface area contributed by atoms with Crippen molar-refractivity contribution in [2.45, 2.75) is 24.9 Å². The predicted molar refractivity (Wildman–Crippen MR) is 97.9 cm³/mol. The number of carbonyl (C=O) groups is 1. The molecule has 4 rings (SSSR count). The van der Waals surface area contributed by atoms with E-state index in [9.17, 15) is 13.6 Å². The van der Waals surface area contributed by atoms with E-state index in [0.717, 1.165) is 42.5 Å². The molecule has 0 saturated carbocycles. The van der Waals surface area contributed by atoms with Gasteiger partial charge in [-0.1, -0.05) is 12.1 Å². The molecule has 2 heterocycles. The van der Waals surface area contributed by atoms with Crippen molar-refractivity contribution in [3.05, 3.63) is 59.2 Å². The monoisotopic (exact) mass is 373 g/mol. The number of ether oxygens (including phenoxy) is 1. The third-order valence-electron chi connectivity index (χ3n) is 5.24. The lowest BCUT2D eigenvalue weighted by atomic mass is 10.00. The van der Waals surface area contributed by atoms with Gasteiger partial charge in [0.2, 0.25) is 0 Å². The molecular formula is C20H21F2N3O2. The van der Waals surface area contributed by atoms with E-state index >= 15 is 0 Å². The van der Waals surface area contributed by atoms with Crippen molar-refractivity contribution >= 4 is 11.7 Å². The van der Waals surface area contributed by atoms with Gasteiger partial charge in [0.25, 0.3) is 0 Å². The zero-order valence-electron chi connectivity index (χ0n) is 15.0. The summed E-state index contributed by atoms with van der Waals surface area (Å²) in [6.07, 6.45) is 1.49. The highest BCUT2D eigenvalue weighted by Crippen LogP contribution is 2.33. The Balaban J connectivity index is 1.48. The fourth-order valence-corrected chi connectivity index (χ4v) is 3.95. The zero-order valence-corrected chi connectivity index (χ0v) is 15.0. The van der Waals surface area contributed by atoms with Crippen LogP contribution in [0.5, 0.6) is 5.75 Å². The van der Waals surface area contributed by atoms with E-state index in [2.05, 4.69) is 10.6 Å². The molecule has 2 aliphatic heterocycles. The maximum absolute atomic E-state index is 13.7. The summed E-state index contributed by atoms with van der Waals surface area (Å²) in [4.78, 5) is 14.6. The summed E-state index contributed by atoms with van der Waals surface area (Å²) < 4.78 is 32.4. The normalized spacial score (nSPS) is 21.6. The highest BCUT2D eigenvalue weighted by atomic mass is 19.2. The van der Waals surface area contributed by atoms with Crippen molar-refractivity contribution in [3.8, 4) is 5.75 Å². The highest BCUT2D eigenvalue weighted by Gasteiger charge is 2.34. The summed E-state index contributed by atoms with van der Waals surface area (Å²) in [5.41, 5.74) is 2.37. The number of urea groups is 1. The molecule has 2 aromatic rings. The Morgan fingerprint density at radius 1 is 1.22 bits per heavy atom. The second-order valence-electron chi connectivity index (χ2n) is 6.97. The summed E-state index contributed by atoms with van der Waals surface area (Å²) in [7, 11) is 1.91. The number of nitrogens with zero attached hydrogens (tertiary/aromatic N) is 1. The van der Waals surface area contributed by atoms with Gasteiger partial charge >= 0.3 is 6.03 Å².